The predicted octanol–water partition coefficient (Wildman–Crippen LogP) is 3.92. The van der Waals surface area contributed by atoms with Crippen LogP contribution in [0.2, 0.25) is 0 Å². The fourth-order valence-corrected chi connectivity index (χ4v) is 2.06. The SMILES string of the molecule is CC.CC.CCCCCCC(=O)NC(C(=O)NCC(C)=O)C(C)C.CCCNC(N)=O. The van der Waals surface area contributed by atoms with E-state index in [1.54, 1.807) is 0 Å². The van der Waals surface area contributed by atoms with Crippen molar-refractivity contribution in [3.63, 3.8) is 0 Å². The lowest BCUT2D eigenvalue weighted by atomic mass is 10.0. The third kappa shape index (κ3) is 30.2. The summed E-state index contributed by atoms with van der Waals surface area (Å²) in [4.78, 5) is 44.5. The third-order valence-electron chi connectivity index (χ3n) is 3.58. The number of hydrogen-bond acceptors (Lipinski definition) is 4. The van der Waals surface area contributed by atoms with Gasteiger partial charge in [0.1, 0.15) is 11.8 Å². The number of amides is 4. The number of ketones is 1. The van der Waals surface area contributed by atoms with E-state index in [1.165, 1.54) is 6.92 Å². The Kier molecular flexibility index (Phi) is 32.6. The summed E-state index contributed by atoms with van der Waals surface area (Å²) in [5.41, 5.74) is 4.73. The van der Waals surface area contributed by atoms with Gasteiger partial charge in [0.05, 0.1) is 6.54 Å². The first-order valence-corrected chi connectivity index (χ1v) is 11.7. The van der Waals surface area contributed by atoms with E-state index in [0.29, 0.717) is 13.0 Å². The Bertz CT molecular complexity index is 455. The first-order chi connectivity index (χ1) is 14.6. The summed E-state index contributed by atoms with van der Waals surface area (Å²) in [6.45, 7) is 17.9. The quantitative estimate of drug-likeness (QED) is 0.338. The lowest BCUT2D eigenvalue weighted by Crippen LogP contribution is -2.50. The number of Topliss-reactive ketones (excluding diaryl/α,β-unsaturated/α-hetero) is 1. The van der Waals surface area contributed by atoms with Gasteiger partial charge in [-0.2, -0.15) is 0 Å². The van der Waals surface area contributed by atoms with Crippen LogP contribution in [-0.2, 0) is 14.4 Å². The van der Waals surface area contributed by atoms with Crippen LogP contribution in [0, 0.1) is 5.92 Å². The smallest absolute Gasteiger partial charge is 0.312 e. The molecule has 31 heavy (non-hydrogen) atoms. The van der Waals surface area contributed by atoms with E-state index in [1.807, 2.05) is 48.5 Å². The third-order valence-corrected chi connectivity index (χ3v) is 3.58. The van der Waals surface area contributed by atoms with Gasteiger partial charge in [-0.3, -0.25) is 14.4 Å². The molecule has 8 heteroatoms. The van der Waals surface area contributed by atoms with Crippen molar-refractivity contribution >= 4 is 23.6 Å². The van der Waals surface area contributed by atoms with Gasteiger partial charge in [-0.25, -0.2) is 4.79 Å². The summed E-state index contributed by atoms with van der Waals surface area (Å²) >= 11 is 0. The maximum Gasteiger partial charge on any atom is 0.312 e. The van der Waals surface area contributed by atoms with Gasteiger partial charge in [-0.05, 0) is 25.7 Å². The van der Waals surface area contributed by atoms with E-state index in [9.17, 15) is 19.2 Å². The highest BCUT2D eigenvalue weighted by Crippen LogP contribution is 2.05. The minimum Gasteiger partial charge on any atom is -0.352 e. The van der Waals surface area contributed by atoms with Crippen LogP contribution in [0.15, 0.2) is 0 Å². The predicted molar refractivity (Wildman–Crippen MR) is 130 cm³/mol. The van der Waals surface area contributed by atoms with Crippen molar-refractivity contribution in [2.75, 3.05) is 13.1 Å². The number of carbonyl (C=O) groups excluding carboxylic acids is 4. The standard InChI is InChI=1S/C15H28N2O3.C4H10N2O.2C2H6/c1-5-6-7-8-9-13(19)17-14(11(2)3)15(20)16-10-12(4)18;1-2-3-6-4(5)7;2*1-2/h11,14H,5-10H2,1-4H3,(H,16,20)(H,17,19);2-3H2,1H3,(H3,5,6,7);2*1-2H3. The van der Waals surface area contributed by atoms with Gasteiger partial charge < -0.3 is 21.7 Å². The van der Waals surface area contributed by atoms with E-state index in [4.69, 9.17) is 5.73 Å². The molecule has 0 rings (SSSR count). The molecule has 1 unspecified atom stereocenters. The van der Waals surface area contributed by atoms with Crippen LogP contribution < -0.4 is 21.7 Å². The maximum absolute atomic E-state index is 11.9. The summed E-state index contributed by atoms with van der Waals surface area (Å²) in [5.74, 6) is -0.511. The molecule has 0 aromatic rings. The van der Waals surface area contributed by atoms with Crippen LogP contribution in [0.5, 0.6) is 0 Å². The number of urea groups is 1. The first kappa shape index (κ1) is 36.3. The number of primary amides is 1. The molecule has 0 bridgehead atoms. The minimum absolute atomic E-state index is 0.00836. The number of unbranched alkanes of at least 4 members (excludes halogenated alkanes) is 3. The van der Waals surface area contributed by atoms with Crippen LogP contribution in [0.1, 0.15) is 101 Å². The van der Waals surface area contributed by atoms with Crippen LogP contribution in [-0.4, -0.2) is 42.8 Å². The second kappa shape index (κ2) is 27.9. The second-order valence-electron chi connectivity index (χ2n) is 6.81. The van der Waals surface area contributed by atoms with Gasteiger partial charge in [-0.1, -0.05) is 74.7 Å². The van der Waals surface area contributed by atoms with Crippen molar-refractivity contribution in [2.24, 2.45) is 11.7 Å². The average Bonchev–Trinajstić information content (AvgIpc) is 2.75. The molecule has 0 saturated heterocycles. The molecule has 4 amide bonds. The molecule has 0 spiro atoms. The molecule has 8 nitrogen and oxygen atoms in total. The summed E-state index contributed by atoms with van der Waals surface area (Å²) in [5, 5.41) is 7.73. The molecule has 186 valence electrons. The van der Waals surface area contributed by atoms with Crippen LogP contribution in [0.4, 0.5) is 4.79 Å². The molecule has 0 aromatic heterocycles. The fourth-order valence-electron chi connectivity index (χ4n) is 2.06. The zero-order valence-electron chi connectivity index (χ0n) is 21.5. The lowest BCUT2D eigenvalue weighted by molar-refractivity contribution is -0.131. The monoisotopic (exact) mass is 446 g/mol. The first-order valence-electron chi connectivity index (χ1n) is 11.7. The Morgan fingerprint density at radius 1 is 0.839 bits per heavy atom. The van der Waals surface area contributed by atoms with Crippen LogP contribution in [0.3, 0.4) is 0 Å². The van der Waals surface area contributed by atoms with Crippen molar-refractivity contribution in [3.8, 4) is 0 Å². The van der Waals surface area contributed by atoms with Crippen molar-refractivity contribution in [3.05, 3.63) is 0 Å². The molecule has 0 aliphatic heterocycles. The highest BCUT2D eigenvalue weighted by atomic mass is 16.2. The minimum atomic E-state index is -0.576. The molecule has 0 heterocycles. The maximum atomic E-state index is 11.9. The second-order valence-corrected chi connectivity index (χ2v) is 6.81. The summed E-state index contributed by atoms with van der Waals surface area (Å²) in [7, 11) is 0. The van der Waals surface area contributed by atoms with Crippen LogP contribution >= 0.6 is 0 Å². The molecule has 0 aliphatic rings. The van der Waals surface area contributed by atoms with Gasteiger partial charge in [0.25, 0.3) is 0 Å². The molecule has 0 radical (unpaired) electrons. The highest BCUT2D eigenvalue weighted by molar-refractivity contribution is 5.90. The van der Waals surface area contributed by atoms with Gasteiger partial charge in [0.15, 0.2) is 0 Å². The van der Waals surface area contributed by atoms with E-state index < -0.39 is 12.1 Å². The summed E-state index contributed by atoms with van der Waals surface area (Å²) in [6, 6.07) is -1.02. The van der Waals surface area contributed by atoms with Gasteiger partial charge in [0.2, 0.25) is 11.8 Å². The molecule has 1 atom stereocenters. The molecular weight excluding hydrogens is 396 g/mol. The Morgan fingerprint density at radius 3 is 1.74 bits per heavy atom. The van der Waals surface area contributed by atoms with Gasteiger partial charge in [-0.15, -0.1) is 0 Å². The zero-order valence-corrected chi connectivity index (χ0v) is 21.5. The molecule has 0 aromatic carbocycles. The number of carbonyl (C=O) groups is 4. The molecule has 0 saturated carbocycles. The van der Waals surface area contributed by atoms with Crippen molar-refractivity contribution in [2.45, 2.75) is 107 Å². The van der Waals surface area contributed by atoms with E-state index >= 15 is 0 Å². The number of nitrogens with two attached hydrogens (primary N) is 1. The van der Waals surface area contributed by atoms with E-state index in [-0.39, 0.29) is 30.1 Å². The topological polar surface area (TPSA) is 130 Å². The Labute approximate surface area is 190 Å². The van der Waals surface area contributed by atoms with Crippen molar-refractivity contribution in [1.29, 1.82) is 0 Å². The Hall–Kier alpha value is -2.12. The largest absolute Gasteiger partial charge is 0.352 e. The van der Waals surface area contributed by atoms with Gasteiger partial charge in [0, 0.05) is 13.0 Å². The Morgan fingerprint density at radius 2 is 1.39 bits per heavy atom. The average molecular weight is 447 g/mol. The fraction of sp³-hybridized carbons (Fsp3) is 0.826. The molecule has 5 N–H and O–H groups in total. The van der Waals surface area contributed by atoms with Crippen molar-refractivity contribution < 1.29 is 19.2 Å². The molecule has 0 fully saturated rings. The number of nitrogens with one attached hydrogen (secondary N) is 3. The number of rotatable bonds is 12. The van der Waals surface area contributed by atoms with E-state index in [0.717, 1.165) is 32.1 Å². The summed E-state index contributed by atoms with van der Waals surface area (Å²) < 4.78 is 0. The molecule has 0 aliphatic carbocycles. The summed E-state index contributed by atoms with van der Waals surface area (Å²) in [6.07, 6.45) is 5.52. The molecular formula is C23H50N4O4. The zero-order chi connectivity index (χ0) is 25.2. The lowest BCUT2D eigenvalue weighted by Gasteiger charge is -2.21. The van der Waals surface area contributed by atoms with Gasteiger partial charge >= 0.3 is 6.03 Å². The van der Waals surface area contributed by atoms with Crippen molar-refractivity contribution in [1.82, 2.24) is 16.0 Å². The number of hydrogen-bond donors (Lipinski definition) is 4. The highest BCUT2D eigenvalue weighted by Gasteiger charge is 2.23. The normalized spacial score (nSPS) is 10.0. The Balaban J connectivity index is -0.000000276. The van der Waals surface area contributed by atoms with E-state index in [2.05, 4.69) is 22.9 Å². The van der Waals surface area contributed by atoms with Crippen LogP contribution in [0.25, 0.3) is 0 Å².